The zero-order valence-corrected chi connectivity index (χ0v) is 21.5. The molecule has 2 heterocycles. The fourth-order valence-electron chi connectivity index (χ4n) is 5.22. The van der Waals surface area contributed by atoms with Crippen LogP contribution < -0.4 is 4.74 Å². The number of aromatic nitrogens is 1. The Labute approximate surface area is 224 Å². The lowest BCUT2D eigenvalue weighted by molar-refractivity contribution is -0.139. The second-order valence-electron chi connectivity index (χ2n) is 9.85. The van der Waals surface area contributed by atoms with E-state index >= 15 is 4.39 Å². The molecule has 5 nitrogen and oxygen atoms in total. The number of methoxy groups -OCH3 is 1. The van der Waals surface area contributed by atoms with Crippen LogP contribution in [0, 0.1) is 23.7 Å². The molecular formula is C30H30F4N2O3. The molecular weight excluding hydrogens is 512 g/mol. The van der Waals surface area contributed by atoms with Gasteiger partial charge < -0.3 is 9.84 Å². The van der Waals surface area contributed by atoms with E-state index in [0.717, 1.165) is 12.1 Å². The summed E-state index contributed by atoms with van der Waals surface area (Å²) in [6, 6.07) is 11.9. The predicted octanol–water partition coefficient (Wildman–Crippen LogP) is 6.52. The number of piperidine rings is 1. The second-order valence-corrected chi connectivity index (χ2v) is 9.85. The van der Waals surface area contributed by atoms with Crippen LogP contribution in [0.25, 0.3) is 10.9 Å². The van der Waals surface area contributed by atoms with Crippen LogP contribution in [0.1, 0.15) is 48.5 Å². The molecule has 1 aliphatic heterocycles. The van der Waals surface area contributed by atoms with Crippen molar-refractivity contribution in [3.05, 3.63) is 71.4 Å². The van der Waals surface area contributed by atoms with Gasteiger partial charge in [-0.25, -0.2) is 4.39 Å². The van der Waals surface area contributed by atoms with Gasteiger partial charge >= 0.3 is 12.1 Å². The van der Waals surface area contributed by atoms with Crippen LogP contribution in [0.4, 0.5) is 17.6 Å². The number of likely N-dealkylation sites (tertiary alicyclic amines) is 1. The van der Waals surface area contributed by atoms with Crippen LogP contribution in [0.5, 0.6) is 5.75 Å². The van der Waals surface area contributed by atoms with Gasteiger partial charge in [0.2, 0.25) is 0 Å². The van der Waals surface area contributed by atoms with E-state index in [0.29, 0.717) is 54.7 Å². The summed E-state index contributed by atoms with van der Waals surface area (Å²) in [5.41, 5.74) is 0.744. The number of aliphatic carboxylic acids is 1. The third-order valence-electron chi connectivity index (χ3n) is 7.25. The fraction of sp³-hybridized carbons (Fsp3) is 0.400. The number of pyridine rings is 1. The average Bonchev–Trinajstić information content (AvgIpc) is 2.91. The summed E-state index contributed by atoms with van der Waals surface area (Å²) >= 11 is 0. The van der Waals surface area contributed by atoms with Crippen molar-refractivity contribution in [1.82, 2.24) is 9.88 Å². The molecule has 39 heavy (non-hydrogen) atoms. The SMILES string of the molecule is COc1ccc2nccc([C@@H](F)CC[C@@H]3CCN(CC#Cc4cccc(C(F)(F)F)c4)C[C@@H]3CC(=O)O)c2c1. The van der Waals surface area contributed by atoms with Crippen molar-refractivity contribution in [2.24, 2.45) is 11.8 Å². The van der Waals surface area contributed by atoms with Crippen LogP contribution in [0.2, 0.25) is 0 Å². The molecule has 1 N–H and O–H groups in total. The Bertz CT molecular complexity index is 1370. The maximum absolute atomic E-state index is 15.5. The average molecular weight is 543 g/mol. The highest BCUT2D eigenvalue weighted by Gasteiger charge is 2.32. The van der Waals surface area contributed by atoms with Crippen molar-refractivity contribution in [1.29, 1.82) is 0 Å². The number of rotatable bonds is 8. The molecule has 0 unspecified atom stereocenters. The molecule has 3 atom stereocenters. The summed E-state index contributed by atoms with van der Waals surface area (Å²) in [4.78, 5) is 17.9. The van der Waals surface area contributed by atoms with Crippen molar-refractivity contribution >= 4 is 16.9 Å². The van der Waals surface area contributed by atoms with E-state index in [2.05, 4.69) is 16.8 Å². The van der Waals surface area contributed by atoms with Gasteiger partial charge in [0.25, 0.3) is 0 Å². The lowest BCUT2D eigenvalue weighted by Crippen LogP contribution is -2.41. The van der Waals surface area contributed by atoms with E-state index in [1.165, 1.54) is 12.1 Å². The summed E-state index contributed by atoms with van der Waals surface area (Å²) < 4.78 is 59.6. The van der Waals surface area contributed by atoms with Gasteiger partial charge in [0, 0.05) is 30.1 Å². The number of carboxylic acid groups (broad SMARTS) is 1. The second kappa shape index (κ2) is 12.5. The summed E-state index contributed by atoms with van der Waals surface area (Å²) in [6.45, 7) is 1.46. The summed E-state index contributed by atoms with van der Waals surface area (Å²) in [5, 5.41) is 10.2. The maximum atomic E-state index is 15.5. The molecule has 1 aromatic heterocycles. The molecule has 4 rings (SSSR count). The van der Waals surface area contributed by atoms with Gasteiger partial charge in [-0.05, 0) is 85.7 Å². The quantitative estimate of drug-likeness (QED) is 0.260. The molecule has 0 bridgehead atoms. The lowest BCUT2D eigenvalue weighted by atomic mass is 9.79. The smallest absolute Gasteiger partial charge is 0.416 e. The Morgan fingerprint density at radius 1 is 1.21 bits per heavy atom. The Kier molecular flexibility index (Phi) is 9.08. The zero-order valence-electron chi connectivity index (χ0n) is 21.5. The van der Waals surface area contributed by atoms with Crippen LogP contribution >= 0.6 is 0 Å². The number of alkyl halides is 4. The summed E-state index contributed by atoms with van der Waals surface area (Å²) in [5.74, 6) is 5.27. The minimum atomic E-state index is -4.43. The summed E-state index contributed by atoms with van der Waals surface area (Å²) in [6.07, 6.45) is -2.62. The number of nitrogens with zero attached hydrogens (tertiary/aromatic N) is 2. The number of ether oxygens (including phenoxy) is 1. The Morgan fingerprint density at radius 2 is 2.03 bits per heavy atom. The normalized spacial score (nSPS) is 18.8. The summed E-state index contributed by atoms with van der Waals surface area (Å²) in [7, 11) is 1.55. The highest BCUT2D eigenvalue weighted by Crippen LogP contribution is 2.36. The Hall–Kier alpha value is -3.64. The minimum absolute atomic E-state index is 0.0332. The van der Waals surface area contributed by atoms with E-state index in [4.69, 9.17) is 4.74 Å². The number of carboxylic acids is 1. The van der Waals surface area contributed by atoms with Crippen molar-refractivity contribution in [2.75, 3.05) is 26.7 Å². The molecule has 2 aromatic carbocycles. The third-order valence-corrected chi connectivity index (χ3v) is 7.25. The van der Waals surface area contributed by atoms with Crippen molar-refractivity contribution in [3.8, 4) is 17.6 Å². The highest BCUT2D eigenvalue weighted by molar-refractivity contribution is 5.83. The third kappa shape index (κ3) is 7.48. The first kappa shape index (κ1) is 28.4. The van der Waals surface area contributed by atoms with E-state index in [9.17, 15) is 23.1 Å². The van der Waals surface area contributed by atoms with Crippen molar-refractivity contribution < 1.29 is 32.2 Å². The Balaban J connectivity index is 1.38. The minimum Gasteiger partial charge on any atom is -0.497 e. The number of fused-ring (bicyclic) bond motifs is 1. The van der Waals surface area contributed by atoms with Crippen molar-refractivity contribution in [3.63, 3.8) is 0 Å². The van der Waals surface area contributed by atoms with Gasteiger partial charge in [0.05, 0.1) is 24.7 Å². The van der Waals surface area contributed by atoms with Gasteiger partial charge in [0.15, 0.2) is 0 Å². The van der Waals surface area contributed by atoms with E-state index < -0.39 is 23.9 Å². The maximum Gasteiger partial charge on any atom is 0.416 e. The van der Waals surface area contributed by atoms with Gasteiger partial charge in [0.1, 0.15) is 11.9 Å². The molecule has 1 saturated heterocycles. The van der Waals surface area contributed by atoms with Gasteiger partial charge in [-0.1, -0.05) is 17.9 Å². The first-order valence-corrected chi connectivity index (χ1v) is 12.8. The molecule has 9 heteroatoms. The molecule has 206 valence electrons. The first-order valence-electron chi connectivity index (χ1n) is 12.8. The van der Waals surface area contributed by atoms with E-state index in [-0.39, 0.29) is 30.2 Å². The van der Waals surface area contributed by atoms with E-state index in [1.807, 2.05) is 4.90 Å². The molecule has 0 spiro atoms. The molecule has 3 aromatic rings. The monoisotopic (exact) mass is 542 g/mol. The molecule has 0 radical (unpaired) electrons. The number of benzene rings is 2. The van der Waals surface area contributed by atoms with Crippen LogP contribution in [0.15, 0.2) is 54.7 Å². The van der Waals surface area contributed by atoms with Gasteiger partial charge in [-0.15, -0.1) is 0 Å². The van der Waals surface area contributed by atoms with Gasteiger partial charge in [-0.3, -0.25) is 14.7 Å². The van der Waals surface area contributed by atoms with Crippen LogP contribution in [-0.4, -0.2) is 47.7 Å². The zero-order chi connectivity index (χ0) is 28.0. The molecule has 1 fully saturated rings. The standard InChI is InChI=1S/C30H30F4N2O3/c1-39-24-8-10-28-26(18-24)25(11-13-35-28)27(31)9-7-21-12-15-36(19-22(21)17-29(37)38)14-3-5-20-4-2-6-23(16-20)30(32,33)34/h2,4,6,8,10-11,13,16,18,21-22,27H,7,9,12,14-15,17,19H2,1H3,(H,37,38)/t21-,22+,27+/m1/s1. The predicted molar refractivity (Wildman–Crippen MR) is 140 cm³/mol. The molecule has 0 aliphatic carbocycles. The number of halogens is 4. The lowest BCUT2D eigenvalue weighted by Gasteiger charge is -2.37. The van der Waals surface area contributed by atoms with Gasteiger partial charge in [-0.2, -0.15) is 13.2 Å². The number of carbonyl (C=O) groups is 1. The number of hydrogen-bond donors (Lipinski definition) is 1. The molecule has 0 amide bonds. The van der Waals surface area contributed by atoms with E-state index in [1.54, 1.807) is 37.6 Å². The largest absolute Gasteiger partial charge is 0.497 e. The Morgan fingerprint density at radius 3 is 2.77 bits per heavy atom. The van der Waals surface area contributed by atoms with Crippen molar-refractivity contribution in [2.45, 2.75) is 38.0 Å². The fourth-order valence-corrected chi connectivity index (χ4v) is 5.22. The first-order chi connectivity index (χ1) is 18.6. The highest BCUT2D eigenvalue weighted by atomic mass is 19.4. The molecule has 0 saturated carbocycles. The van der Waals surface area contributed by atoms with Crippen LogP contribution in [-0.2, 0) is 11.0 Å². The topological polar surface area (TPSA) is 62.7 Å². The molecule has 1 aliphatic rings. The van der Waals surface area contributed by atoms with Crippen LogP contribution in [0.3, 0.4) is 0 Å². The number of hydrogen-bond acceptors (Lipinski definition) is 4.